The zero-order valence-corrected chi connectivity index (χ0v) is 15.2. The number of hydrogen-bond donors (Lipinski definition) is 1. The number of carbonyl (C=O) groups excluding carboxylic acids is 1. The van der Waals surface area contributed by atoms with E-state index in [0.29, 0.717) is 22.9 Å². The third kappa shape index (κ3) is 4.14. The van der Waals surface area contributed by atoms with Crippen molar-refractivity contribution in [2.45, 2.75) is 6.42 Å². The molecule has 1 N–H and O–H groups in total. The Morgan fingerprint density at radius 1 is 1.07 bits per heavy atom. The molecule has 2 aromatic carbocycles. The van der Waals surface area contributed by atoms with Crippen molar-refractivity contribution in [3.63, 3.8) is 0 Å². The van der Waals surface area contributed by atoms with Crippen molar-refractivity contribution in [2.75, 3.05) is 26.6 Å². The van der Waals surface area contributed by atoms with E-state index in [1.54, 1.807) is 24.3 Å². The van der Waals surface area contributed by atoms with Gasteiger partial charge in [-0.3, -0.25) is 4.79 Å². The lowest BCUT2D eigenvalue weighted by Crippen LogP contribution is -2.15. The third-order valence-electron chi connectivity index (χ3n) is 3.83. The second kappa shape index (κ2) is 8.17. The SMILES string of the molecule is COc1cc(CC(=O)Nc2cccc(-n3cnnn3)c2)cc(OC)c1OC. The van der Waals surface area contributed by atoms with Gasteiger partial charge in [0.25, 0.3) is 0 Å². The molecule has 0 spiro atoms. The molecule has 9 heteroatoms. The number of nitrogens with one attached hydrogen (secondary N) is 1. The smallest absolute Gasteiger partial charge is 0.228 e. The maximum atomic E-state index is 12.5. The molecule has 0 saturated heterocycles. The van der Waals surface area contributed by atoms with Crippen LogP contribution in [0.3, 0.4) is 0 Å². The number of rotatable bonds is 7. The molecule has 3 rings (SSSR count). The van der Waals surface area contributed by atoms with Crippen LogP contribution in [0.4, 0.5) is 5.69 Å². The lowest BCUT2D eigenvalue weighted by molar-refractivity contribution is -0.115. The molecular formula is C18H19N5O4. The molecule has 0 fully saturated rings. The van der Waals surface area contributed by atoms with Gasteiger partial charge in [-0.1, -0.05) is 6.07 Å². The van der Waals surface area contributed by atoms with Gasteiger partial charge in [-0.25, -0.2) is 4.68 Å². The van der Waals surface area contributed by atoms with Crippen LogP contribution in [-0.2, 0) is 11.2 Å². The van der Waals surface area contributed by atoms with Gasteiger partial charge in [-0.2, -0.15) is 0 Å². The first-order chi connectivity index (χ1) is 13.1. The molecule has 1 heterocycles. The van der Waals surface area contributed by atoms with Crippen molar-refractivity contribution in [2.24, 2.45) is 0 Å². The summed E-state index contributed by atoms with van der Waals surface area (Å²) in [7, 11) is 4.60. The van der Waals surface area contributed by atoms with Crippen molar-refractivity contribution in [3.05, 3.63) is 48.3 Å². The van der Waals surface area contributed by atoms with Crippen LogP contribution in [0.5, 0.6) is 17.2 Å². The van der Waals surface area contributed by atoms with Crippen LogP contribution in [0.15, 0.2) is 42.7 Å². The monoisotopic (exact) mass is 369 g/mol. The predicted octanol–water partition coefficient (Wildman–Crippen LogP) is 1.87. The molecule has 0 bridgehead atoms. The fraction of sp³-hybridized carbons (Fsp3) is 0.222. The summed E-state index contributed by atoms with van der Waals surface area (Å²) in [6.45, 7) is 0. The Morgan fingerprint density at radius 3 is 2.41 bits per heavy atom. The maximum absolute atomic E-state index is 12.5. The van der Waals surface area contributed by atoms with Crippen LogP contribution < -0.4 is 19.5 Å². The van der Waals surface area contributed by atoms with E-state index in [9.17, 15) is 4.79 Å². The quantitative estimate of drug-likeness (QED) is 0.678. The number of benzene rings is 2. The number of carbonyl (C=O) groups is 1. The molecule has 0 atom stereocenters. The average molecular weight is 369 g/mol. The van der Waals surface area contributed by atoms with Crippen LogP contribution in [0, 0.1) is 0 Å². The summed E-state index contributed by atoms with van der Waals surface area (Å²) in [5.41, 5.74) is 2.12. The van der Waals surface area contributed by atoms with Gasteiger partial charge in [0.05, 0.1) is 33.4 Å². The number of amides is 1. The number of ether oxygens (including phenoxy) is 3. The molecule has 9 nitrogen and oxygen atoms in total. The number of hydrogen-bond acceptors (Lipinski definition) is 7. The van der Waals surface area contributed by atoms with Gasteiger partial charge in [0.2, 0.25) is 11.7 Å². The van der Waals surface area contributed by atoms with Gasteiger partial charge in [0, 0.05) is 5.69 Å². The number of tetrazole rings is 1. The molecule has 1 aromatic heterocycles. The highest BCUT2D eigenvalue weighted by Crippen LogP contribution is 2.38. The molecule has 0 aliphatic heterocycles. The fourth-order valence-electron chi connectivity index (χ4n) is 2.63. The Bertz CT molecular complexity index is 902. The second-order valence-electron chi connectivity index (χ2n) is 5.56. The summed E-state index contributed by atoms with van der Waals surface area (Å²) >= 11 is 0. The van der Waals surface area contributed by atoms with Crippen molar-refractivity contribution in [1.82, 2.24) is 20.2 Å². The van der Waals surface area contributed by atoms with Crippen LogP contribution in [0.25, 0.3) is 5.69 Å². The first-order valence-corrected chi connectivity index (χ1v) is 8.06. The molecule has 0 aliphatic carbocycles. The van der Waals surface area contributed by atoms with E-state index < -0.39 is 0 Å². The second-order valence-corrected chi connectivity index (χ2v) is 5.56. The highest BCUT2D eigenvalue weighted by atomic mass is 16.5. The van der Waals surface area contributed by atoms with Gasteiger partial charge in [-0.15, -0.1) is 5.10 Å². The topological polar surface area (TPSA) is 100 Å². The van der Waals surface area contributed by atoms with Crippen molar-refractivity contribution in [3.8, 4) is 22.9 Å². The van der Waals surface area contributed by atoms with E-state index in [-0.39, 0.29) is 12.3 Å². The first-order valence-electron chi connectivity index (χ1n) is 8.06. The molecule has 3 aromatic rings. The summed E-state index contributed by atoms with van der Waals surface area (Å²) in [5, 5.41) is 13.9. The third-order valence-corrected chi connectivity index (χ3v) is 3.83. The lowest BCUT2D eigenvalue weighted by atomic mass is 10.1. The Morgan fingerprint density at radius 2 is 1.81 bits per heavy atom. The highest BCUT2D eigenvalue weighted by Gasteiger charge is 2.15. The Hall–Kier alpha value is -3.62. The van der Waals surface area contributed by atoms with E-state index in [1.165, 1.54) is 32.3 Å². The minimum Gasteiger partial charge on any atom is -0.493 e. The zero-order chi connectivity index (χ0) is 19.2. The summed E-state index contributed by atoms with van der Waals surface area (Å²) in [6, 6.07) is 10.7. The molecule has 1 amide bonds. The van der Waals surface area contributed by atoms with Crippen LogP contribution >= 0.6 is 0 Å². The van der Waals surface area contributed by atoms with Gasteiger partial charge < -0.3 is 19.5 Å². The molecule has 140 valence electrons. The number of methoxy groups -OCH3 is 3. The van der Waals surface area contributed by atoms with Crippen molar-refractivity contribution >= 4 is 11.6 Å². The Balaban J connectivity index is 1.76. The molecule has 0 saturated carbocycles. The van der Waals surface area contributed by atoms with Gasteiger partial charge >= 0.3 is 0 Å². The molecule has 0 unspecified atom stereocenters. The average Bonchev–Trinajstić information content (AvgIpc) is 3.22. The summed E-state index contributed by atoms with van der Waals surface area (Å²) in [6.07, 6.45) is 1.63. The Kier molecular flexibility index (Phi) is 5.50. The Labute approximate surface area is 155 Å². The van der Waals surface area contributed by atoms with Crippen LogP contribution in [0.2, 0.25) is 0 Å². The van der Waals surface area contributed by atoms with E-state index in [1.807, 2.05) is 12.1 Å². The lowest BCUT2D eigenvalue weighted by Gasteiger charge is -2.14. The number of nitrogens with zero attached hydrogens (tertiary/aromatic N) is 4. The van der Waals surface area contributed by atoms with E-state index in [0.717, 1.165) is 11.3 Å². The molecule has 0 aliphatic rings. The van der Waals surface area contributed by atoms with E-state index in [2.05, 4.69) is 20.8 Å². The van der Waals surface area contributed by atoms with Gasteiger partial charge in [0.1, 0.15) is 6.33 Å². The zero-order valence-electron chi connectivity index (χ0n) is 15.2. The highest BCUT2D eigenvalue weighted by molar-refractivity contribution is 5.92. The molecule has 27 heavy (non-hydrogen) atoms. The largest absolute Gasteiger partial charge is 0.493 e. The van der Waals surface area contributed by atoms with Gasteiger partial charge in [0.15, 0.2) is 11.5 Å². The normalized spacial score (nSPS) is 10.3. The summed E-state index contributed by atoms with van der Waals surface area (Å²) < 4.78 is 17.4. The van der Waals surface area contributed by atoms with Gasteiger partial charge in [-0.05, 0) is 46.3 Å². The minimum atomic E-state index is -0.182. The van der Waals surface area contributed by atoms with E-state index >= 15 is 0 Å². The summed E-state index contributed by atoms with van der Waals surface area (Å²) in [5.74, 6) is 1.30. The van der Waals surface area contributed by atoms with E-state index in [4.69, 9.17) is 14.2 Å². The minimum absolute atomic E-state index is 0.145. The molecule has 0 radical (unpaired) electrons. The summed E-state index contributed by atoms with van der Waals surface area (Å²) in [4.78, 5) is 12.5. The number of aromatic nitrogens is 4. The van der Waals surface area contributed by atoms with Crippen molar-refractivity contribution in [1.29, 1.82) is 0 Å². The standard InChI is InChI=1S/C18H19N5O4/c1-25-15-7-12(8-16(26-2)18(15)27-3)9-17(24)20-13-5-4-6-14(10-13)23-11-19-21-22-23/h4-8,10-11H,9H2,1-3H3,(H,20,24). The predicted molar refractivity (Wildman–Crippen MR) is 97.6 cm³/mol. The maximum Gasteiger partial charge on any atom is 0.228 e. The van der Waals surface area contributed by atoms with Crippen molar-refractivity contribution < 1.29 is 19.0 Å². The first kappa shape index (κ1) is 18.2. The molecular weight excluding hydrogens is 350 g/mol. The van der Waals surface area contributed by atoms with Crippen LogP contribution in [-0.4, -0.2) is 47.4 Å². The number of anilines is 1. The fourth-order valence-corrected chi connectivity index (χ4v) is 2.63. The van der Waals surface area contributed by atoms with Crippen LogP contribution in [0.1, 0.15) is 5.56 Å².